The Bertz CT molecular complexity index is 753. The number of hydrogen-bond donors (Lipinski definition) is 4. The number of carboxylic acids is 1. The standard InChI is InChI=1S/C19H24F5N3O2/c1-25-15-7-14(27-12-8-18(20,21)9-12)13(17(28)29)6-16(15)26-11-4-2-10(3-5-11)19(22,23)24/h6-7,10-12,25-27H,2-5,8-9H2,1H3,(H,28,29). The highest BCUT2D eigenvalue weighted by atomic mass is 19.4. The summed E-state index contributed by atoms with van der Waals surface area (Å²) in [4.78, 5) is 11.7. The van der Waals surface area contributed by atoms with Gasteiger partial charge in [0.15, 0.2) is 0 Å². The Morgan fingerprint density at radius 1 is 1.00 bits per heavy atom. The second-order valence-electron chi connectivity index (χ2n) is 7.84. The quantitative estimate of drug-likeness (QED) is 0.477. The Kier molecular flexibility index (Phi) is 5.82. The lowest BCUT2D eigenvalue weighted by Crippen LogP contribution is -2.44. The molecule has 0 aliphatic heterocycles. The van der Waals surface area contributed by atoms with Crippen LogP contribution < -0.4 is 16.0 Å². The third-order valence-corrected chi connectivity index (χ3v) is 5.66. The monoisotopic (exact) mass is 421 g/mol. The molecule has 0 heterocycles. The van der Waals surface area contributed by atoms with Crippen LogP contribution in [0, 0.1) is 5.92 Å². The van der Waals surface area contributed by atoms with Gasteiger partial charge in [-0.1, -0.05) is 0 Å². The molecule has 3 rings (SSSR count). The molecule has 162 valence electrons. The summed E-state index contributed by atoms with van der Waals surface area (Å²) in [6, 6.07) is 2.21. The lowest BCUT2D eigenvalue weighted by atomic mass is 9.85. The number of halogens is 5. The number of carbonyl (C=O) groups is 1. The van der Waals surface area contributed by atoms with Crippen molar-refractivity contribution in [3.8, 4) is 0 Å². The normalized spacial score (nSPS) is 24.5. The Hall–Kier alpha value is -2.26. The van der Waals surface area contributed by atoms with Gasteiger partial charge in [0.2, 0.25) is 0 Å². The molecule has 0 spiro atoms. The Morgan fingerprint density at radius 3 is 2.07 bits per heavy atom. The van der Waals surface area contributed by atoms with Gasteiger partial charge in [-0.15, -0.1) is 0 Å². The van der Waals surface area contributed by atoms with Crippen molar-refractivity contribution in [3.63, 3.8) is 0 Å². The molecule has 5 nitrogen and oxygen atoms in total. The number of alkyl halides is 5. The van der Waals surface area contributed by atoms with Crippen LogP contribution in [-0.4, -0.2) is 42.3 Å². The predicted octanol–water partition coefficient (Wildman–Crippen LogP) is 5.17. The second-order valence-corrected chi connectivity index (χ2v) is 7.84. The van der Waals surface area contributed by atoms with Crippen LogP contribution in [0.1, 0.15) is 48.9 Å². The molecule has 0 aromatic heterocycles. The van der Waals surface area contributed by atoms with Gasteiger partial charge in [-0.2, -0.15) is 13.2 Å². The van der Waals surface area contributed by atoms with Crippen molar-refractivity contribution in [2.45, 2.75) is 62.7 Å². The first-order valence-electron chi connectivity index (χ1n) is 9.55. The molecule has 0 radical (unpaired) electrons. The van der Waals surface area contributed by atoms with Crippen molar-refractivity contribution in [2.75, 3.05) is 23.0 Å². The molecule has 0 amide bonds. The maximum atomic E-state index is 13.1. The maximum absolute atomic E-state index is 13.1. The highest BCUT2D eigenvalue weighted by molar-refractivity contribution is 5.98. The molecule has 2 fully saturated rings. The molecular weight excluding hydrogens is 397 g/mol. The number of nitrogens with one attached hydrogen (secondary N) is 3. The van der Waals surface area contributed by atoms with Gasteiger partial charge in [0.25, 0.3) is 5.92 Å². The second kappa shape index (κ2) is 7.87. The summed E-state index contributed by atoms with van der Waals surface area (Å²) in [5.74, 6) is -5.25. The molecule has 10 heteroatoms. The van der Waals surface area contributed by atoms with Crippen LogP contribution in [0.25, 0.3) is 0 Å². The fourth-order valence-electron chi connectivity index (χ4n) is 3.99. The van der Waals surface area contributed by atoms with E-state index >= 15 is 0 Å². The minimum absolute atomic E-state index is 0.0252. The van der Waals surface area contributed by atoms with E-state index in [-0.39, 0.29) is 43.0 Å². The summed E-state index contributed by atoms with van der Waals surface area (Å²) in [7, 11) is 1.63. The van der Waals surface area contributed by atoms with Crippen LogP contribution >= 0.6 is 0 Å². The molecule has 2 aliphatic carbocycles. The van der Waals surface area contributed by atoms with Gasteiger partial charge in [-0.3, -0.25) is 0 Å². The fraction of sp³-hybridized carbons (Fsp3) is 0.632. The molecule has 1 aromatic rings. The van der Waals surface area contributed by atoms with Crippen LogP contribution in [0.4, 0.5) is 39.0 Å². The summed E-state index contributed by atoms with van der Waals surface area (Å²) in [5, 5.41) is 18.5. The third kappa shape index (κ3) is 5.02. The average molecular weight is 421 g/mol. The first kappa shape index (κ1) is 21.4. The van der Waals surface area contributed by atoms with Gasteiger partial charge in [-0.05, 0) is 37.8 Å². The molecule has 2 aliphatic rings. The van der Waals surface area contributed by atoms with Crippen molar-refractivity contribution in [2.24, 2.45) is 5.92 Å². The summed E-state index contributed by atoms with van der Waals surface area (Å²) in [6.45, 7) is 0. The van der Waals surface area contributed by atoms with Crippen LogP contribution in [0.5, 0.6) is 0 Å². The van der Waals surface area contributed by atoms with E-state index in [1.165, 1.54) is 12.1 Å². The Labute approximate surface area is 165 Å². The highest BCUT2D eigenvalue weighted by Crippen LogP contribution is 2.42. The van der Waals surface area contributed by atoms with Gasteiger partial charge in [0.1, 0.15) is 0 Å². The zero-order valence-corrected chi connectivity index (χ0v) is 15.9. The molecule has 0 atom stereocenters. The smallest absolute Gasteiger partial charge is 0.391 e. The van der Waals surface area contributed by atoms with E-state index in [1.807, 2.05) is 0 Å². The van der Waals surface area contributed by atoms with Gasteiger partial charge in [-0.25, -0.2) is 13.6 Å². The van der Waals surface area contributed by atoms with Crippen LogP contribution in [0.15, 0.2) is 12.1 Å². The molecule has 0 bridgehead atoms. The van der Waals surface area contributed by atoms with Gasteiger partial charge in [0.05, 0.1) is 28.5 Å². The molecular formula is C19H24F5N3O2. The molecule has 0 unspecified atom stereocenters. The van der Waals surface area contributed by atoms with Gasteiger partial charge < -0.3 is 21.1 Å². The largest absolute Gasteiger partial charge is 0.478 e. The van der Waals surface area contributed by atoms with Crippen molar-refractivity contribution in [3.05, 3.63) is 17.7 Å². The number of benzene rings is 1. The van der Waals surface area contributed by atoms with Crippen molar-refractivity contribution >= 4 is 23.0 Å². The SMILES string of the molecule is CNc1cc(NC2CC(F)(F)C2)c(C(=O)O)cc1NC1CCC(C(F)(F)F)CC1. The van der Waals surface area contributed by atoms with E-state index in [9.17, 15) is 31.9 Å². The number of aromatic carboxylic acids is 1. The summed E-state index contributed by atoms with van der Waals surface area (Å²) in [6.07, 6.45) is -4.20. The summed E-state index contributed by atoms with van der Waals surface area (Å²) < 4.78 is 64.7. The third-order valence-electron chi connectivity index (χ3n) is 5.66. The van der Waals surface area contributed by atoms with E-state index < -0.39 is 30.0 Å². The van der Waals surface area contributed by atoms with E-state index in [2.05, 4.69) is 16.0 Å². The topological polar surface area (TPSA) is 73.4 Å². The molecule has 1 aromatic carbocycles. The number of carboxylic acid groups (broad SMARTS) is 1. The fourth-order valence-corrected chi connectivity index (χ4v) is 3.99. The van der Waals surface area contributed by atoms with Gasteiger partial charge in [0, 0.05) is 32.0 Å². The zero-order chi connectivity index (χ0) is 21.4. The van der Waals surface area contributed by atoms with Crippen LogP contribution in [-0.2, 0) is 0 Å². The molecule has 4 N–H and O–H groups in total. The first-order chi connectivity index (χ1) is 13.5. The predicted molar refractivity (Wildman–Crippen MR) is 100.0 cm³/mol. The molecule has 29 heavy (non-hydrogen) atoms. The number of anilines is 3. The zero-order valence-electron chi connectivity index (χ0n) is 15.9. The minimum atomic E-state index is -4.19. The Balaban J connectivity index is 1.74. The molecule has 2 saturated carbocycles. The van der Waals surface area contributed by atoms with Crippen LogP contribution in [0.2, 0.25) is 0 Å². The van der Waals surface area contributed by atoms with Gasteiger partial charge >= 0.3 is 12.1 Å². The Morgan fingerprint density at radius 2 is 1.59 bits per heavy atom. The average Bonchev–Trinajstić information content (AvgIpc) is 2.60. The number of rotatable bonds is 6. The van der Waals surface area contributed by atoms with E-state index in [4.69, 9.17) is 0 Å². The lowest BCUT2D eigenvalue weighted by Gasteiger charge is -2.36. The number of hydrogen-bond acceptors (Lipinski definition) is 4. The van der Waals surface area contributed by atoms with Crippen molar-refractivity contribution < 1.29 is 31.9 Å². The lowest BCUT2D eigenvalue weighted by molar-refractivity contribution is -0.182. The maximum Gasteiger partial charge on any atom is 0.391 e. The summed E-state index contributed by atoms with van der Waals surface area (Å²) >= 11 is 0. The van der Waals surface area contributed by atoms with E-state index in [0.717, 1.165) is 0 Å². The molecule has 0 saturated heterocycles. The summed E-state index contributed by atoms with van der Waals surface area (Å²) in [5.41, 5.74) is 1.16. The van der Waals surface area contributed by atoms with Crippen LogP contribution in [0.3, 0.4) is 0 Å². The highest BCUT2D eigenvalue weighted by Gasteiger charge is 2.45. The minimum Gasteiger partial charge on any atom is -0.478 e. The van der Waals surface area contributed by atoms with E-state index in [0.29, 0.717) is 24.2 Å². The first-order valence-corrected chi connectivity index (χ1v) is 9.55. The van der Waals surface area contributed by atoms with E-state index in [1.54, 1.807) is 7.05 Å². The van der Waals surface area contributed by atoms with Crippen molar-refractivity contribution in [1.82, 2.24) is 0 Å². The van der Waals surface area contributed by atoms with Crippen molar-refractivity contribution in [1.29, 1.82) is 0 Å².